The Bertz CT molecular complexity index is 834. The molecule has 0 fully saturated rings. The predicted octanol–water partition coefficient (Wildman–Crippen LogP) is 3.96. The molecule has 3 aromatic rings. The molecule has 21 heavy (non-hydrogen) atoms. The average Bonchev–Trinajstić information content (AvgIpc) is 2.55. The van der Waals surface area contributed by atoms with Crippen LogP contribution in [0.4, 0.5) is 0 Å². The third-order valence-electron chi connectivity index (χ3n) is 3.35. The molecular formula is C18H14N2O. The van der Waals surface area contributed by atoms with E-state index in [1.54, 1.807) is 12.1 Å². The van der Waals surface area contributed by atoms with Crippen molar-refractivity contribution < 1.29 is 4.74 Å². The molecule has 3 rings (SSSR count). The monoisotopic (exact) mass is 274 g/mol. The van der Waals surface area contributed by atoms with Gasteiger partial charge in [-0.25, -0.2) is 0 Å². The van der Waals surface area contributed by atoms with E-state index in [1.165, 1.54) is 0 Å². The largest absolute Gasteiger partial charge is 0.456 e. The number of hydrogen-bond acceptors (Lipinski definition) is 3. The maximum absolute atomic E-state index is 9.22. The molecule has 0 heterocycles. The highest BCUT2D eigenvalue weighted by atomic mass is 16.5. The lowest BCUT2D eigenvalue weighted by molar-refractivity contribution is 0.481. The molecule has 2 N–H and O–H groups in total. The van der Waals surface area contributed by atoms with Gasteiger partial charge < -0.3 is 10.5 Å². The molecule has 0 amide bonds. The molecular weight excluding hydrogens is 260 g/mol. The van der Waals surface area contributed by atoms with E-state index >= 15 is 0 Å². The molecule has 0 aliphatic rings. The van der Waals surface area contributed by atoms with Crippen molar-refractivity contribution in [3.05, 3.63) is 71.8 Å². The van der Waals surface area contributed by atoms with Crippen molar-refractivity contribution >= 4 is 10.8 Å². The van der Waals surface area contributed by atoms with E-state index in [0.717, 1.165) is 16.3 Å². The topological polar surface area (TPSA) is 59.0 Å². The molecule has 0 saturated heterocycles. The van der Waals surface area contributed by atoms with E-state index in [2.05, 4.69) is 12.1 Å². The molecule has 3 nitrogen and oxygen atoms in total. The van der Waals surface area contributed by atoms with Crippen LogP contribution in [-0.4, -0.2) is 0 Å². The zero-order valence-corrected chi connectivity index (χ0v) is 11.4. The highest BCUT2D eigenvalue weighted by Crippen LogP contribution is 2.28. The fourth-order valence-corrected chi connectivity index (χ4v) is 2.24. The minimum absolute atomic E-state index is 0.408. The summed E-state index contributed by atoms with van der Waals surface area (Å²) in [4.78, 5) is 0. The zero-order chi connectivity index (χ0) is 14.7. The van der Waals surface area contributed by atoms with Gasteiger partial charge in [0.05, 0.1) is 5.56 Å². The predicted molar refractivity (Wildman–Crippen MR) is 83.1 cm³/mol. The van der Waals surface area contributed by atoms with E-state index in [1.807, 2.05) is 42.5 Å². The number of nitriles is 1. The van der Waals surface area contributed by atoms with Crippen LogP contribution in [0, 0.1) is 11.3 Å². The molecule has 0 aliphatic carbocycles. The summed E-state index contributed by atoms with van der Waals surface area (Å²) in [5.41, 5.74) is 6.99. The number of ether oxygens (including phenoxy) is 1. The number of nitrogens with zero attached hydrogens (tertiary/aromatic N) is 1. The van der Waals surface area contributed by atoms with Crippen LogP contribution in [0.25, 0.3) is 10.8 Å². The van der Waals surface area contributed by atoms with Crippen molar-refractivity contribution in [2.24, 2.45) is 5.73 Å². The Morgan fingerprint density at radius 2 is 1.76 bits per heavy atom. The van der Waals surface area contributed by atoms with Gasteiger partial charge in [-0.3, -0.25) is 0 Å². The Labute approximate surface area is 123 Å². The van der Waals surface area contributed by atoms with Gasteiger partial charge in [0.15, 0.2) is 0 Å². The molecule has 0 spiro atoms. The second kappa shape index (κ2) is 5.66. The summed E-state index contributed by atoms with van der Waals surface area (Å²) in [5.74, 6) is 1.26. The highest BCUT2D eigenvalue weighted by molar-refractivity contribution is 5.83. The zero-order valence-electron chi connectivity index (χ0n) is 11.4. The molecule has 0 saturated carbocycles. The highest BCUT2D eigenvalue weighted by Gasteiger charge is 2.06. The summed E-state index contributed by atoms with van der Waals surface area (Å²) in [6.45, 7) is 0.408. The fourth-order valence-electron chi connectivity index (χ4n) is 2.24. The van der Waals surface area contributed by atoms with Crippen LogP contribution in [0.3, 0.4) is 0 Å². The van der Waals surface area contributed by atoms with E-state index in [0.29, 0.717) is 23.6 Å². The van der Waals surface area contributed by atoms with Gasteiger partial charge >= 0.3 is 0 Å². The van der Waals surface area contributed by atoms with Crippen LogP contribution in [0.2, 0.25) is 0 Å². The van der Waals surface area contributed by atoms with Crippen molar-refractivity contribution in [3.8, 4) is 17.6 Å². The van der Waals surface area contributed by atoms with E-state index < -0.39 is 0 Å². The van der Waals surface area contributed by atoms with Gasteiger partial charge in [-0.15, -0.1) is 0 Å². The van der Waals surface area contributed by atoms with Crippen molar-refractivity contribution in [2.75, 3.05) is 0 Å². The third-order valence-corrected chi connectivity index (χ3v) is 3.35. The van der Waals surface area contributed by atoms with E-state index in [4.69, 9.17) is 10.5 Å². The molecule has 102 valence electrons. The van der Waals surface area contributed by atoms with Crippen LogP contribution < -0.4 is 10.5 Å². The van der Waals surface area contributed by atoms with Crippen molar-refractivity contribution in [1.29, 1.82) is 5.26 Å². The van der Waals surface area contributed by atoms with E-state index in [9.17, 15) is 5.26 Å². The standard InChI is InChI=1S/C18H14N2O/c19-11-13-5-8-18(16(9-13)12-20)21-17-7-6-14-3-1-2-4-15(14)10-17/h1-10H,11,19H2. The maximum Gasteiger partial charge on any atom is 0.145 e. The summed E-state index contributed by atoms with van der Waals surface area (Å²) in [6, 6.07) is 21.5. The molecule has 0 unspecified atom stereocenters. The molecule has 0 radical (unpaired) electrons. The average molecular weight is 274 g/mol. The summed E-state index contributed by atoms with van der Waals surface area (Å²) >= 11 is 0. The Morgan fingerprint density at radius 3 is 2.52 bits per heavy atom. The number of nitrogens with two attached hydrogens (primary N) is 1. The summed E-state index contributed by atoms with van der Waals surface area (Å²) in [7, 11) is 0. The van der Waals surface area contributed by atoms with E-state index in [-0.39, 0.29) is 0 Å². The van der Waals surface area contributed by atoms with Crippen LogP contribution in [0.15, 0.2) is 60.7 Å². The Morgan fingerprint density at radius 1 is 0.952 bits per heavy atom. The smallest absolute Gasteiger partial charge is 0.145 e. The van der Waals surface area contributed by atoms with Crippen molar-refractivity contribution in [3.63, 3.8) is 0 Å². The normalized spacial score (nSPS) is 10.3. The Kier molecular flexibility index (Phi) is 3.55. The first-order chi connectivity index (χ1) is 10.3. The van der Waals surface area contributed by atoms with Crippen molar-refractivity contribution in [2.45, 2.75) is 6.54 Å². The molecule has 0 aromatic heterocycles. The summed E-state index contributed by atoms with van der Waals surface area (Å²) in [6.07, 6.45) is 0. The summed E-state index contributed by atoms with van der Waals surface area (Å²) < 4.78 is 5.84. The van der Waals surface area contributed by atoms with Crippen LogP contribution >= 0.6 is 0 Å². The Hall–Kier alpha value is -2.83. The molecule has 3 aromatic carbocycles. The van der Waals surface area contributed by atoms with Gasteiger partial charge in [-0.2, -0.15) is 5.26 Å². The summed E-state index contributed by atoms with van der Waals surface area (Å²) in [5, 5.41) is 11.5. The number of hydrogen-bond donors (Lipinski definition) is 1. The minimum Gasteiger partial charge on any atom is -0.456 e. The second-order valence-corrected chi connectivity index (χ2v) is 4.76. The van der Waals surface area contributed by atoms with Gasteiger partial charge in [0, 0.05) is 6.54 Å². The first kappa shape index (κ1) is 13.2. The molecule has 0 aliphatic heterocycles. The van der Waals surface area contributed by atoms with Crippen LogP contribution in [0.5, 0.6) is 11.5 Å². The fraction of sp³-hybridized carbons (Fsp3) is 0.0556. The quantitative estimate of drug-likeness (QED) is 0.786. The minimum atomic E-state index is 0.408. The third kappa shape index (κ3) is 2.71. The van der Waals surface area contributed by atoms with Crippen LogP contribution in [0.1, 0.15) is 11.1 Å². The number of benzene rings is 3. The van der Waals surface area contributed by atoms with Gasteiger partial charge in [0.1, 0.15) is 17.6 Å². The SMILES string of the molecule is N#Cc1cc(CN)ccc1Oc1ccc2ccccc2c1. The lowest BCUT2D eigenvalue weighted by atomic mass is 10.1. The maximum atomic E-state index is 9.22. The first-order valence-electron chi connectivity index (χ1n) is 6.70. The molecule has 0 bridgehead atoms. The van der Waals surface area contributed by atoms with Crippen molar-refractivity contribution in [1.82, 2.24) is 0 Å². The molecule has 3 heteroatoms. The second-order valence-electron chi connectivity index (χ2n) is 4.76. The van der Waals surface area contributed by atoms with Gasteiger partial charge in [-0.05, 0) is 40.6 Å². The number of rotatable bonds is 3. The number of fused-ring (bicyclic) bond motifs is 1. The van der Waals surface area contributed by atoms with Crippen LogP contribution in [-0.2, 0) is 6.54 Å². The first-order valence-corrected chi connectivity index (χ1v) is 6.70. The van der Waals surface area contributed by atoms with Gasteiger partial charge in [0.2, 0.25) is 0 Å². The molecule has 0 atom stereocenters. The van der Waals surface area contributed by atoms with Gasteiger partial charge in [0.25, 0.3) is 0 Å². The Balaban J connectivity index is 1.96. The lowest BCUT2D eigenvalue weighted by Gasteiger charge is -2.09. The van der Waals surface area contributed by atoms with Gasteiger partial charge in [-0.1, -0.05) is 36.4 Å². The lowest BCUT2D eigenvalue weighted by Crippen LogP contribution is -1.97.